The first-order valence-electron chi connectivity index (χ1n) is 8.51. The average molecular weight is 352 g/mol. The number of nitrogens with one attached hydrogen (secondary N) is 2. The highest BCUT2D eigenvalue weighted by Crippen LogP contribution is 2.27. The quantitative estimate of drug-likeness (QED) is 0.751. The first-order valence-corrected chi connectivity index (χ1v) is 8.51. The van der Waals surface area contributed by atoms with E-state index in [1.54, 1.807) is 7.11 Å². The maximum absolute atomic E-state index is 12.6. The number of imidazole rings is 1. The van der Waals surface area contributed by atoms with E-state index in [1.165, 1.54) is 0 Å². The largest absolute Gasteiger partial charge is 0.497 e. The Bertz CT molecular complexity index is 931. The monoisotopic (exact) mass is 352 g/mol. The summed E-state index contributed by atoms with van der Waals surface area (Å²) in [7, 11) is 1.63. The summed E-state index contributed by atoms with van der Waals surface area (Å²) in [6.07, 6.45) is -0.526. The summed E-state index contributed by atoms with van der Waals surface area (Å²) in [5.74, 6) is 0.979. The molecule has 1 unspecified atom stereocenters. The number of morpholine rings is 1. The molecule has 0 radical (unpaired) electrons. The molecule has 7 nitrogen and oxygen atoms in total. The summed E-state index contributed by atoms with van der Waals surface area (Å²) >= 11 is 0. The number of carbonyl (C=O) groups is 1. The molecular formula is C19H20N4O3. The standard InChI is InChI=1S/C19H20N4O3/c1-25-14-6-4-5-13(11-14)23-16-8-3-2-7-15(16)21-19(23)22-18(24)17-12-20-9-10-26-17/h2-8,11,17,20H,9-10,12H2,1H3,(H,21,22,24). The maximum atomic E-state index is 12.6. The van der Waals surface area contributed by atoms with Gasteiger partial charge in [0.25, 0.3) is 5.91 Å². The molecule has 0 bridgehead atoms. The Morgan fingerprint density at radius 3 is 3.00 bits per heavy atom. The van der Waals surface area contributed by atoms with Crippen molar-refractivity contribution in [3.05, 3.63) is 48.5 Å². The molecular weight excluding hydrogens is 332 g/mol. The molecule has 2 N–H and O–H groups in total. The number of nitrogens with zero attached hydrogens (tertiary/aromatic N) is 2. The number of para-hydroxylation sites is 2. The topological polar surface area (TPSA) is 77.4 Å². The zero-order valence-electron chi connectivity index (χ0n) is 14.4. The van der Waals surface area contributed by atoms with Crippen LogP contribution in [-0.4, -0.2) is 48.4 Å². The van der Waals surface area contributed by atoms with Gasteiger partial charge in [-0.25, -0.2) is 4.98 Å². The van der Waals surface area contributed by atoms with Crippen molar-refractivity contribution >= 4 is 22.9 Å². The van der Waals surface area contributed by atoms with Gasteiger partial charge in [-0.15, -0.1) is 0 Å². The van der Waals surface area contributed by atoms with Gasteiger partial charge in [-0.05, 0) is 24.3 Å². The number of aromatic nitrogens is 2. The molecule has 7 heteroatoms. The second-order valence-corrected chi connectivity index (χ2v) is 6.01. The molecule has 1 fully saturated rings. The van der Waals surface area contributed by atoms with Crippen LogP contribution in [0.4, 0.5) is 5.95 Å². The predicted molar refractivity (Wildman–Crippen MR) is 98.9 cm³/mol. The number of carbonyl (C=O) groups excluding carboxylic acids is 1. The minimum absolute atomic E-state index is 0.211. The zero-order valence-corrected chi connectivity index (χ0v) is 14.4. The molecule has 2 aromatic carbocycles. The minimum atomic E-state index is -0.526. The van der Waals surface area contributed by atoms with Crippen LogP contribution < -0.4 is 15.4 Å². The lowest BCUT2D eigenvalue weighted by molar-refractivity contribution is -0.128. The van der Waals surface area contributed by atoms with E-state index >= 15 is 0 Å². The molecule has 26 heavy (non-hydrogen) atoms. The summed E-state index contributed by atoms with van der Waals surface area (Å²) in [6, 6.07) is 15.4. The number of ether oxygens (including phenoxy) is 2. The summed E-state index contributed by atoms with van der Waals surface area (Å²) in [4.78, 5) is 17.2. The highest BCUT2D eigenvalue weighted by Gasteiger charge is 2.24. The van der Waals surface area contributed by atoms with Gasteiger partial charge in [0, 0.05) is 19.2 Å². The first kappa shape index (κ1) is 16.6. The molecule has 3 aromatic rings. The van der Waals surface area contributed by atoms with Gasteiger partial charge in [0.1, 0.15) is 11.9 Å². The normalized spacial score (nSPS) is 17.2. The molecule has 1 aliphatic rings. The fraction of sp³-hybridized carbons (Fsp3) is 0.263. The van der Waals surface area contributed by atoms with Crippen molar-refractivity contribution in [1.29, 1.82) is 0 Å². The maximum Gasteiger partial charge on any atom is 0.257 e. The Kier molecular flexibility index (Phi) is 4.55. The molecule has 134 valence electrons. The van der Waals surface area contributed by atoms with Gasteiger partial charge >= 0.3 is 0 Å². The number of rotatable bonds is 4. The van der Waals surface area contributed by atoms with Crippen molar-refractivity contribution in [2.45, 2.75) is 6.10 Å². The lowest BCUT2D eigenvalue weighted by Crippen LogP contribution is -2.45. The number of benzene rings is 2. The number of anilines is 1. The Morgan fingerprint density at radius 2 is 2.19 bits per heavy atom. The van der Waals surface area contributed by atoms with E-state index in [0.29, 0.717) is 19.1 Å². The summed E-state index contributed by atoms with van der Waals surface area (Å²) in [6.45, 7) is 1.77. The third-order valence-corrected chi connectivity index (χ3v) is 4.33. The Morgan fingerprint density at radius 1 is 1.31 bits per heavy atom. The second kappa shape index (κ2) is 7.15. The van der Waals surface area contributed by atoms with Crippen molar-refractivity contribution in [2.24, 2.45) is 0 Å². The van der Waals surface area contributed by atoms with Crippen LogP contribution in [-0.2, 0) is 9.53 Å². The highest BCUT2D eigenvalue weighted by molar-refractivity contribution is 5.95. The van der Waals surface area contributed by atoms with Crippen LogP contribution >= 0.6 is 0 Å². The van der Waals surface area contributed by atoms with E-state index in [4.69, 9.17) is 9.47 Å². The van der Waals surface area contributed by atoms with E-state index < -0.39 is 6.10 Å². The number of methoxy groups -OCH3 is 1. The van der Waals surface area contributed by atoms with Crippen LogP contribution in [0.15, 0.2) is 48.5 Å². The van der Waals surface area contributed by atoms with Crippen molar-refractivity contribution in [1.82, 2.24) is 14.9 Å². The second-order valence-electron chi connectivity index (χ2n) is 6.01. The molecule has 1 amide bonds. The molecule has 2 heterocycles. The summed E-state index contributed by atoms with van der Waals surface area (Å²) < 4.78 is 12.8. The number of amides is 1. The third-order valence-electron chi connectivity index (χ3n) is 4.33. The molecule has 0 spiro atoms. The minimum Gasteiger partial charge on any atom is -0.497 e. The van der Waals surface area contributed by atoms with Gasteiger partial charge in [0.2, 0.25) is 5.95 Å². The summed E-state index contributed by atoms with van der Waals surface area (Å²) in [5.41, 5.74) is 2.56. The summed E-state index contributed by atoms with van der Waals surface area (Å²) in [5, 5.41) is 6.07. The Labute approximate surface area is 150 Å². The van der Waals surface area contributed by atoms with E-state index in [-0.39, 0.29) is 5.91 Å². The van der Waals surface area contributed by atoms with E-state index in [1.807, 2.05) is 53.1 Å². The van der Waals surface area contributed by atoms with Crippen LogP contribution in [0.25, 0.3) is 16.7 Å². The first-order chi connectivity index (χ1) is 12.8. The molecule has 0 saturated carbocycles. The van der Waals surface area contributed by atoms with E-state index in [0.717, 1.165) is 29.0 Å². The van der Waals surface area contributed by atoms with Crippen molar-refractivity contribution in [3.8, 4) is 11.4 Å². The SMILES string of the molecule is COc1cccc(-n2c(NC(=O)C3CNCCO3)nc3ccccc32)c1. The lowest BCUT2D eigenvalue weighted by Gasteiger charge is -2.22. The van der Waals surface area contributed by atoms with Crippen LogP contribution in [0.1, 0.15) is 0 Å². The molecule has 1 atom stereocenters. The van der Waals surface area contributed by atoms with E-state index in [9.17, 15) is 4.79 Å². The molecule has 4 rings (SSSR count). The molecule has 1 aromatic heterocycles. The van der Waals surface area contributed by atoms with Crippen LogP contribution in [0.5, 0.6) is 5.75 Å². The van der Waals surface area contributed by atoms with Crippen LogP contribution in [0.2, 0.25) is 0 Å². The highest BCUT2D eigenvalue weighted by atomic mass is 16.5. The number of hydrogen-bond acceptors (Lipinski definition) is 5. The van der Waals surface area contributed by atoms with Gasteiger partial charge in [0.05, 0.1) is 30.4 Å². The van der Waals surface area contributed by atoms with Gasteiger partial charge in [-0.3, -0.25) is 14.7 Å². The third kappa shape index (κ3) is 3.14. The average Bonchev–Trinajstić information content (AvgIpc) is 3.06. The molecule has 0 aliphatic carbocycles. The molecule has 1 saturated heterocycles. The Balaban J connectivity index is 1.75. The van der Waals surface area contributed by atoms with Crippen molar-refractivity contribution < 1.29 is 14.3 Å². The lowest BCUT2D eigenvalue weighted by atomic mass is 10.2. The van der Waals surface area contributed by atoms with Crippen LogP contribution in [0, 0.1) is 0 Å². The predicted octanol–water partition coefficient (Wildman–Crippen LogP) is 1.96. The fourth-order valence-electron chi connectivity index (χ4n) is 3.05. The van der Waals surface area contributed by atoms with Crippen LogP contribution in [0.3, 0.4) is 0 Å². The van der Waals surface area contributed by atoms with Gasteiger partial charge in [0.15, 0.2) is 0 Å². The smallest absolute Gasteiger partial charge is 0.257 e. The number of fused-ring (bicyclic) bond motifs is 1. The fourth-order valence-corrected chi connectivity index (χ4v) is 3.05. The van der Waals surface area contributed by atoms with Gasteiger partial charge in [-0.1, -0.05) is 18.2 Å². The van der Waals surface area contributed by atoms with Gasteiger partial charge < -0.3 is 14.8 Å². The zero-order chi connectivity index (χ0) is 17.9. The molecule has 1 aliphatic heterocycles. The number of hydrogen-bond donors (Lipinski definition) is 2. The van der Waals surface area contributed by atoms with Crippen molar-refractivity contribution in [3.63, 3.8) is 0 Å². The Hall–Kier alpha value is -2.90. The van der Waals surface area contributed by atoms with E-state index in [2.05, 4.69) is 15.6 Å². The van der Waals surface area contributed by atoms with Gasteiger partial charge in [-0.2, -0.15) is 0 Å². The van der Waals surface area contributed by atoms with Crippen molar-refractivity contribution in [2.75, 3.05) is 32.1 Å².